The van der Waals surface area contributed by atoms with Gasteiger partial charge < -0.3 is 19.3 Å². The number of aliphatic carboxylic acids is 1. The van der Waals surface area contributed by atoms with Gasteiger partial charge in [0.1, 0.15) is 0 Å². The van der Waals surface area contributed by atoms with Crippen LogP contribution in [0.4, 0.5) is 0 Å². The Morgan fingerprint density at radius 3 is 2.31 bits per heavy atom. The second kappa shape index (κ2) is 8.50. The zero-order chi connectivity index (χ0) is 12.4. The molecule has 16 heavy (non-hydrogen) atoms. The number of rotatable bonds is 10. The highest BCUT2D eigenvalue weighted by atomic mass is 16.5. The van der Waals surface area contributed by atoms with Gasteiger partial charge in [0.2, 0.25) is 0 Å². The lowest BCUT2D eigenvalue weighted by atomic mass is 9.95. The van der Waals surface area contributed by atoms with E-state index in [0.29, 0.717) is 26.4 Å². The van der Waals surface area contributed by atoms with E-state index in [9.17, 15) is 4.79 Å². The minimum atomic E-state index is -0.844. The summed E-state index contributed by atoms with van der Waals surface area (Å²) in [5, 5.41) is 8.82. The molecule has 0 atom stereocenters. The third-order valence-electron chi connectivity index (χ3n) is 2.05. The molecule has 0 spiro atoms. The van der Waals surface area contributed by atoms with Crippen LogP contribution in [0.5, 0.6) is 0 Å². The first-order valence-electron chi connectivity index (χ1n) is 5.38. The third-order valence-corrected chi connectivity index (χ3v) is 2.05. The van der Waals surface area contributed by atoms with Crippen LogP contribution in [0.15, 0.2) is 0 Å². The summed E-state index contributed by atoms with van der Waals surface area (Å²) >= 11 is 0. The predicted octanol–water partition coefficient (Wildman–Crippen LogP) is 1.17. The average Bonchev–Trinajstić information content (AvgIpc) is 2.21. The van der Waals surface area contributed by atoms with Crippen LogP contribution in [-0.2, 0) is 19.0 Å². The minimum Gasteiger partial charge on any atom is -0.481 e. The van der Waals surface area contributed by atoms with Gasteiger partial charge in [-0.1, -0.05) is 0 Å². The molecular weight excluding hydrogens is 212 g/mol. The van der Waals surface area contributed by atoms with Crippen LogP contribution in [0.3, 0.4) is 0 Å². The van der Waals surface area contributed by atoms with Crippen molar-refractivity contribution in [2.45, 2.75) is 20.3 Å². The fourth-order valence-electron chi connectivity index (χ4n) is 0.896. The Morgan fingerprint density at radius 1 is 1.12 bits per heavy atom. The largest absolute Gasteiger partial charge is 0.481 e. The number of ether oxygens (including phenoxy) is 3. The molecule has 0 aromatic carbocycles. The summed E-state index contributed by atoms with van der Waals surface area (Å²) in [6, 6.07) is 0. The van der Waals surface area contributed by atoms with Crippen LogP contribution in [-0.4, -0.2) is 51.2 Å². The van der Waals surface area contributed by atoms with Gasteiger partial charge in [0.05, 0.1) is 25.2 Å². The van der Waals surface area contributed by atoms with E-state index in [0.717, 1.165) is 6.42 Å². The lowest BCUT2D eigenvalue weighted by Crippen LogP contribution is -2.29. The monoisotopic (exact) mass is 234 g/mol. The highest BCUT2D eigenvalue weighted by molar-refractivity contribution is 5.73. The predicted molar refractivity (Wildman–Crippen MR) is 59.5 cm³/mol. The van der Waals surface area contributed by atoms with Crippen molar-refractivity contribution >= 4 is 5.97 Å². The first-order chi connectivity index (χ1) is 7.50. The molecule has 0 aliphatic carbocycles. The molecule has 0 aromatic heterocycles. The van der Waals surface area contributed by atoms with Crippen molar-refractivity contribution in [3.8, 4) is 0 Å². The van der Waals surface area contributed by atoms with E-state index in [1.54, 1.807) is 21.0 Å². The Morgan fingerprint density at radius 2 is 1.75 bits per heavy atom. The Hall–Kier alpha value is -0.650. The molecule has 0 heterocycles. The van der Waals surface area contributed by atoms with Crippen molar-refractivity contribution in [2.24, 2.45) is 5.41 Å². The number of hydrogen-bond acceptors (Lipinski definition) is 4. The average molecular weight is 234 g/mol. The summed E-state index contributed by atoms with van der Waals surface area (Å²) in [5.74, 6) is -0.844. The Bertz CT molecular complexity index is 191. The van der Waals surface area contributed by atoms with E-state index in [-0.39, 0.29) is 6.61 Å². The summed E-state index contributed by atoms with van der Waals surface area (Å²) in [6.07, 6.45) is 0.763. The van der Waals surface area contributed by atoms with E-state index in [1.165, 1.54) is 0 Å². The molecule has 0 radical (unpaired) electrons. The molecule has 0 fully saturated rings. The van der Waals surface area contributed by atoms with E-state index < -0.39 is 11.4 Å². The standard InChI is InChI=1S/C11H22O5/c1-11(2,10(12)13)9-16-6-4-5-15-8-7-14-3/h4-9H2,1-3H3,(H,12,13). The molecule has 5 nitrogen and oxygen atoms in total. The first kappa shape index (κ1) is 15.3. The minimum absolute atomic E-state index is 0.223. The fourth-order valence-corrected chi connectivity index (χ4v) is 0.896. The summed E-state index contributed by atoms with van der Waals surface area (Å²) in [6.45, 7) is 5.81. The van der Waals surface area contributed by atoms with Crippen LogP contribution < -0.4 is 0 Å². The first-order valence-corrected chi connectivity index (χ1v) is 5.38. The number of methoxy groups -OCH3 is 1. The van der Waals surface area contributed by atoms with Crippen LogP contribution in [0.2, 0.25) is 0 Å². The summed E-state index contributed by atoms with van der Waals surface area (Å²) in [4.78, 5) is 10.7. The maximum atomic E-state index is 10.7. The Balaban J connectivity index is 3.30. The topological polar surface area (TPSA) is 65.0 Å². The molecule has 1 N–H and O–H groups in total. The van der Waals surface area contributed by atoms with Gasteiger partial charge in [-0.25, -0.2) is 0 Å². The van der Waals surface area contributed by atoms with Crippen LogP contribution in [0, 0.1) is 5.41 Å². The molecule has 0 aromatic rings. The maximum absolute atomic E-state index is 10.7. The molecule has 0 unspecified atom stereocenters. The lowest BCUT2D eigenvalue weighted by Gasteiger charge is -2.18. The summed E-state index contributed by atoms with van der Waals surface area (Å²) in [7, 11) is 1.63. The van der Waals surface area contributed by atoms with Crippen molar-refractivity contribution in [1.29, 1.82) is 0 Å². The number of carboxylic acids is 1. The van der Waals surface area contributed by atoms with E-state index in [2.05, 4.69) is 0 Å². The van der Waals surface area contributed by atoms with Gasteiger partial charge in [0.15, 0.2) is 0 Å². The maximum Gasteiger partial charge on any atom is 0.311 e. The fraction of sp³-hybridized carbons (Fsp3) is 0.909. The van der Waals surface area contributed by atoms with Crippen LogP contribution in [0.1, 0.15) is 20.3 Å². The van der Waals surface area contributed by atoms with Gasteiger partial charge in [-0.15, -0.1) is 0 Å². The molecule has 0 aliphatic rings. The van der Waals surface area contributed by atoms with Gasteiger partial charge in [0.25, 0.3) is 0 Å². The van der Waals surface area contributed by atoms with Crippen molar-refractivity contribution in [3.63, 3.8) is 0 Å². The van der Waals surface area contributed by atoms with Crippen molar-refractivity contribution in [2.75, 3.05) is 40.1 Å². The Labute approximate surface area is 96.7 Å². The van der Waals surface area contributed by atoms with Gasteiger partial charge >= 0.3 is 5.97 Å². The molecular formula is C11H22O5. The van der Waals surface area contributed by atoms with E-state index in [1.807, 2.05) is 0 Å². The molecule has 0 saturated carbocycles. The van der Waals surface area contributed by atoms with E-state index >= 15 is 0 Å². The number of hydrogen-bond donors (Lipinski definition) is 1. The van der Waals surface area contributed by atoms with Gasteiger partial charge in [-0.05, 0) is 20.3 Å². The normalized spacial score (nSPS) is 11.7. The van der Waals surface area contributed by atoms with Crippen molar-refractivity contribution < 1.29 is 24.1 Å². The number of carboxylic acid groups (broad SMARTS) is 1. The smallest absolute Gasteiger partial charge is 0.311 e. The summed E-state index contributed by atoms with van der Waals surface area (Å²) in [5.41, 5.74) is -0.823. The summed E-state index contributed by atoms with van der Waals surface area (Å²) < 4.78 is 15.3. The van der Waals surface area contributed by atoms with Gasteiger partial charge in [-0.3, -0.25) is 4.79 Å². The van der Waals surface area contributed by atoms with Crippen molar-refractivity contribution in [3.05, 3.63) is 0 Å². The van der Waals surface area contributed by atoms with Crippen molar-refractivity contribution in [1.82, 2.24) is 0 Å². The van der Waals surface area contributed by atoms with Crippen LogP contribution in [0.25, 0.3) is 0 Å². The lowest BCUT2D eigenvalue weighted by molar-refractivity contribution is -0.150. The number of carbonyl (C=O) groups is 1. The molecule has 0 rings (SSSR count). The zero-order valence-corrected chi connectivity index (χ0v) is 10.3. The second-order valence-electron chi connectivity index (χ2n) is 4.20. The molecule has 5 heteroatoms. The van der Waals surface area contributed by atoms with Gasteiger partial charge in [0, 0.05) is 20.3 Å². The SMILES string of the molecule is COCCOCCCOCC(C)(C)C(=O)O. The Kier molecular flexibility index (Phi) is 8.15. The van der Waals surface area contributed by atoms with E-state index in [4.69, 9.17) is 19.3 Å². The highest BCUT2D eigenvalue weighted by Crippen LogP contribution is 2.15. The highest BCUT2D eigenvalue weighted by Gasteiger charge is 2.27. The molecule has 0 amide bonds. The molecule has 0 aliphatic heterocycles. The van der Waals surface area contributed by atoms with Gasteiger partial charge in [-0.2, -0.15) is 0 Å². The van der Waals surface area contributed by atoms with Crippen LogP contribution >= 0.6 is 0 Å². The second-order valence-corrected chi connectivity index (χ2v) is 4.20. The zero-order valence-electron chi connectivity index (χ0n) is 10.3. The third kappa shape index (κ3) is 7.62. The molecule has 0 saturated heterocycles. The quantitative estimate of drug-likeness (QED) is 0.575. The molecule has 96 valence electrons. The molecule has 0 bridgehead atoms.